The Balaban J connectivity index is 1.40. The molecule has 5 aromatic rings. The van der Waals surface area contributed by atoms with Crippen LogP contribution in [-0.2, 0) is 10.0 Å². The van der Waals surface area contributed by atoms with Crippen LogP contribution in [0.15, 0.2) is 137 Å². The molecule has 3 N–H and O–H groups in total. The first kappa shape index (κ1) is 29.5. The molecule has 0 aliphatic rings. The van der Waals surface area contributed by atoms with Crippen LogP contribution in [0, 0.1) is 10.1 Å². The maximum atomic E-state index is 13.3. The van der Waals surface area contributed by atoms with E-state index in [-0.39, 0.29) is 16.9 Å². The number of hydrogen-bond donors (Lipinski definition) is 3. The first-order chi connectivity index (χ1) is 21.2. The molecule has 0 heterocycles. The minimum Gasteiger partial charge on any atom is -0.478 e. The fourth-order valence-corrected chi connectivity index (χ4v) is 5.64. The molecule has 5 rings (SSSR count). The lowest BCUT2D eigenvalue weighted by Gasteiger charge is -2.25. The molecular formula is C32H25N5O6S. The molecule has 0 spiro atoms. The number of carboxylic acid groups (broad SMARTS) is 1. The Morgan fingerprint density at radius 1 is 0.773 bits per heavy atom. The SMILES string of the molecule is O=C(O)c1ccccc1NS(=O)(=O)c1cc([N+](=O)[O-])ccc1N/N=C/c1ccc(N(c2ccccc2)c2ccccc2)cc1. The average Bonchev–Trinajstić information content (AvgIpc) is 3.03. The third-order valence-electron chi connectivity index (χ3n) is 6.45. The van der Waals surface area contributed by atoms with Gasteiger partial charge < -0.3 is 10.0 Å². The number of hydrazone groups is 1. The van der Waals surface area contributed by atoms with E-state index in [1.165, 1.54) is 36.5 Å². The lowest BCUT2D eigenvalue weighted by atomic mass is 10.1. The van der Waals surface area contributed by atoms with Crippen LogP contribution in [0.1, 0.15) is 15.9 Å². The Morgan fingerprint density at radius 3 is 1.93 bits per heavy atom. The van der Waals surface area contributed by atoms with Crippen LogP contribution in [0.25, 0.3) is 0 Å². The van der Waals surface area contributed by atoms with Crippen molar-refractivity contribution < 1.29 is 23.2 Å². The predicted molar refractivity (Wildman–Crippen MR) is 170 cm³/mol. The summed E-state index contributed by atoms with van der Waals surface area (Å²) < 4.78 is 28.8. The van der Waals surface area contributed by atoms with Gasteiger partial charge in [0.05, 0.1) is 28.1 Å². The normalized spacial score (nSPS) is 11.2. The van der Waals surface area contributed by atoms with Gasteiger partial charge in [0.1, 0.15) is 4.90 Å². The Morgan fingerprint density at radius 2 is 1.34 bits per heavy atom. The quantitative estimate of drug-likeness (QED) is 0.0823. The van der Waals surface area contributed by atoms with Crippen molar-refractivity contribution in [2.75, 3.05) is 15.0 Å². The second-order valence-corrected chi connectivity index (χ2v) is 11.0. The Labute approximate surface area is 252 Å². The first-order valence-corrected chi connectivity index (χ1v) is 14.6. The lowest BCUT2D eigenvalue weighted by Crippen LogP contribution is -2.17. The van der Waals surface area contributed by atoms with E-state index in [4.69, 9.17) is 0 Å². The number of nitrogens with one attached hydrogen (secondary N) is 2. The number of non-ortho nitro benzene ring substituents is 1. The molecule has 0 atom stereocenters. The number of anilines is 5. The van der Waals surface area contributed by atoms with E-state index < -0.39 is 31.5 Å². The van der Waals surface area contributed by atoms with Gasteiger partial charge in [0.2, 0.25) is 0 Å². The summed E-state index contributed by atoms with van der Waals surface area (Å²) >= 11 is 0. The van der Waals surface area contributed by atoms with Gasteiger partial charge in [0, 0.05) is 29.2 Å². The van der Waals surface area contributed by atoms with Crippen LogP contribution in [0.3, 0.4) is 0 Å². The van der Waals surface area contributed by atoms with Crippen molar-refractivity contribution in [3.8, 4) is 0 Å². The highest BCUT2D eigenvalue weighted by Gasteiger charge is 2.24. The van der Waals surface area contributed by atoms with Crippen molar-refractivity contribution in [2.45, 2.75) is 4.90 Å². The van der Waals surface area contributed by atoms with Gasteiger partial charge >= 0.3 is 5.97 Å². The highest BCUT2D eigenvalue weighted by atomic mass is 32.2. The Kier molecular flexibility index (Phi) is 8.63. The molecule has 220 valence electrons. The van der Waals surface area contributed by atoms with E-state index >= 15 is 0 Å². The summed E-state index contributed by atoms with van der Waals surface area (Å²) in [6, 6.07) is 36.0. The number of nitro benzene ring substituents is 1. The zero-order valence-corrected chi connectivity index (χ0v) is 23.8. The van der Waals surface area contributed by atoms with Crippen molar-refractivity contribution in [3.05, 3.63) is 149 Å². The summed E-state index contributed by atoms with van der Waals surface area (Å²) in [4.78, 5) is 23.9. The topological polar surface area (TPSA) is 154 Å². The molecule has 0 radical (unpaired) electrons. The second kappa shape index (κ2) is 12.9. The third kappa shape index (κ3) is 6.72. The van der Waals surface area contributed by atoms with Crippen LogP contribution in [-0.4, -0.2) is 30.6 Å². The summed E-state index contributed by atoms with van der Waals surface area (Å²) in [6.07, 6.45) is 1.48. The van der Waals surface area contributed by atoms with Gasteiger partial charge in [-0.2, -0.15) is 5.10 Å². The molecule has 0 aromatic heterocycles. The summed E-state index contributed by atoms with van der Waals surface area (Å²) in [7, 11) is -4.48. The molecule has 5 aromatic carbocycles. The standard InChI is InChI=1S/C32H25N5O6S/c38-32(39)28-13-7-8-14-29(28)35-44(42,43)31-21-27(37(40)41)19-20-30(31)34-33-22-23-15-17-26(18-16-23)36(24-9-3-1-4-10-24)25-11-5-2-6-12-25/h1-22,34-35H,(H,38,39)/b33-22+. The third-order valence-corrected chi connectivity index (χ3v) is 7.85. The predicted octanol–water partition coefficient (Wildman–Crippen LogP) is 7.01. The molecule has 11 nitrogen and oxygen atoms in total. The second-order valence-electron chi connectivity index (χ2n) is 9.36. The molecule has 0 amide bonds. The zero-order chi connectivity index (χ0) is 31.1. The molecule has 0 unspecified atom stereocenters. The van der Waals surface area contributed by atoms with Gasteiger partial charge in [-0.25, -0.2) is 13.2 Å². The maximum Gasteiger partial charge on any atom is 0.337 e. The van der Waals surface area contributed by atoms with Crippen molar-refractivity contribution in [3.63, 3.8) is 0 Å². The number of para-hydroxylation sites is 3. The molecule has 0 saturated heterocycles. The van der Waals surface area contributed by atoms with Gasteiger partial charge in [-0.15, -0.1) is 0 Å². The van der Waals surface area contributed by atoms with E-state index in [1.807, 2.05) is 84.9 Å². The number of benzene rings is 5. The monoisotopic (exact) mass is 607 g/mol. The van der Waals surface area contributed by atoms with Gasteiger partial charge in [0.25, 0.3) is 15.7 Å². The number of rotatable bonds is 11. The van der Waals surface area contributed by atoms with Crippen LogP contribution >= 0.6 is 0 Å². The van der Waals surface area contributed by atoms with E-state index in [2.05, 4.69) is 20.1 Å². The fourth-order valence-electron chi connectivity index (χ4n) is 4.38. The number of nitro groups is 1. The molecule has 0 saturated carbocycles. The molecule has 44 heavy (non-hydrogen) atoms. The largest absolute Gasteiger partial charge is 0.478 e. The van der Waals surface area contributed by atoms with E-state index in [0.717, 1.165) is 29.2 Å². The van der Waals surface area contributed by atoms with Crippen molar-refractivity contribution in [1.82, 2.24) is 0 Å². The van der Waals surface area contributed by atoms with Gasteiger partial charge in [-0.1, -0.05) is 60.7 Å². The highest BCUT2D eigenvalue weighted by molar-refractivity contribution is 7.93. The van der Waals surface area contributed by atoms with Crippen molar-refractivity contribution in [2.24, 2.45) is 5.10 Å². The molecule has 0 aliphatic carbocycles. The summed E-state index contributed by atoms with van der Waals surface area (Å²) in [5.74, 6) is -1.34. The minimum absolute atomic E-state index is 0.0527. The van der Waals surface area contributed by atoms with E-state index in [0.29, 0.717) is 5.56 Å². The van der Waals surface area contributed by atoms with E-state index in [9.17, 15) is 28.4 Å². The number of nitrogens with zero attached hydrogens (tertiary/aromatic N) is 3. The van der Waals surface area contributed by atoms with Crippen LogP contribution in [0.2, 0.25) is 0 Å². The van der Waals surface area contributed by atoms with Crippen LogP contribution in [0.4, 0.5) is 34.1 Å². The molecule has 0 aliphatic heterocycles. The molecule has 0 fully saturated rings. The Bertz CT molecular complexity index is 1890. The van der Waals surface area contributed by atoms with Gasteiger partial charge in [0.15, 0.2) is 0 Å². The van der Waals surface area contributed by atoms with Crippen LogP contribution in [0.5, 0.6) is 0 Å². The highest BCUT2D eigenvalue weighted by Crippen LogP contribution is 2.34. The first-order valence-electron chi connectivity index (χ1n) is 13.2. The maximum absolute atomic E-state index is 13.3. The van der Waals surface area contributed by atoms with Crippen molar-refractivity contribution >= 4 is 56.3 Å². The lowest BCUT2D eigenvalue weighted by molar-refractivity contribution is -0.385. The molecular weight excluding hydrogens is 582 g/mol. The molecule has 12 heteroatoms. The van der Waals surface area contributed by atoms with Crippen LogP contribution < -0.4 is 15.0 Å². The van der Waals surface area contributed by atoms with E-state index in [1.54, 1.807) is 0 Å². The van der Waals surface area contributed by atoms with Gasteiger partial charge in [-0.3, -0.25) is 20.3 Å². The Hall–Kier alpha value is -6.01. The fraction of sp³-hybridized carbons (Fsp3) is 0. The number of carbonyl (C=O) groups is 1. The van der Waals surface area contributed by atoms with Crippen molar-refractivity contribution in [1.29, 1.82) is 0 Å². The van der Waals surface area contributed by atoms with Gasteiger partial charge in [-0.05, 0) is 60.2 Å². The summed E-state index contributed by atoms with van der Waals surface area (Å²) in [5.41, 5.74) is 5.21. The number of sulfonamides is 1. The smallest absolute Gasteiger partial charge is 0.337 e. The average molecular weight is 608 g/mol. The number of hydrogen-bond acceptors (Lipinski definition) is 8. The minimum atomic E-state index is -4.48. The summed E-state index contributed by atoms with van der Waals surface area (Å²) in [5, 5.41) is 25.0. The number of carboxylic acids is 1. The summed E-state index contributed by atoms with van der Waals surface area (Å²) in [6.45, 7) is 0. The zero-order valence-electron chi connectivity index (χ0n) is 22.9. The molecule has 0 bridgehead atoms. The number of aromatic carboxylic acids is 1.